The number of carboxylic acid groups (broad SMARTS) is 1. The minimum atomic E-state index is -0.990. The molecule has 0 rings (SSSR count). The lowest BCUT2D eigenvalue weighted by atomic mass is 10.1. The summed E-state index contributed by atoms with van der Waals surface area (Å²) in [7, 11) is 3.45. The third-order valence-electron chi connectivity index (χ3n) is 1.89. The molecule has 0 radical (unpaired) electrons. The molecule has 0 amide bonds. The van der Waals surface area contributed by atoms with Crippen molar-refractivity contribution in [1.29, 1.82) is 0 Å². The van der Waals surface area contributed by atoms with Crippen molar-refractivity contribution in [2.75, 3.05) is 14.1 Å². The zero-order chi connectivity index (χ0) is 10.6. The van der Waals surface area contributed by atoms with Gasteiger partial charge in [-0.05, 0) is 13.3 Å². The van der Waals surface area contributed by atoms with Gasteiger partial charge in [0.05, 0.1) is 17.4 Å². The minimum Gasteiger partial charge on any atom is -0.478 e. The molecule has 0 spiro atoms. The van der Waals surface area contributed by atoms with Crippen molar-refractivity contribution in [2.24, 2.45) is 0 Å². The van der Waals surface area contributed by atoms with Gasteiger partial charge in [0.25, 0.3) is 0 Å². The van der Waals surface area contributed by atoms with Crippen molar-refractivity contribution >= 4 is 5.97 Å². The summed E-state index contributed by atoms with van der Waals surface area (Å²) in [6.45, 7) is 3.31. The van der Waals surface area contributed by atoms with Crippen LogP contribution in [0.3, 0.4) is 0 Å². The average Bonchev–Trinajstić information content (AvgIpc) is 2.03. The third kappa shape index (κ3) is 3.06. The van der Waals surface area contributed by atoms with Gasteiger partial charge in [0.15, 0.2) is 0 Å². The number of nitrogens with zero attached hydrogens (tertiary/aromatic N) is 1. The topological polar surface area (TPSA) is 60.8 Å². The molecule has 0 bridgehead atoms. The van der Waals surface area contributed by atoms with E-state index in [4.69, 9.17) is 5.11 Å². The van der Waals surface area contributed by atoms with Gasteiger partial charge in [-0.3, -0.25) is 0 Å². The van der Waals surface area contributed by atoms with Gasteiger partial charge in [0.1, 0.15) is 0 Å². The predicted octanol–water partition coefficient (Wildman–Crippen LogP) is 0.677. The van der Waals surface area contributed by atoms with Crippen LogP contribution in [0.2, 0.25) is 0 Å². The first-order valence-electron chi connectivity index (χ1n) is 4.21. The Balaban J connectivity index is 4.99. The van der Waals surface area contributed by atoms with E-state index in [2.05, 4.69) is 0 Å². The summed E-state index contributed by atoms with van der Waals surface area (Å²) in [6, 6.07) is 0. The second-order valence-corrected chi connectivity index (χ2v) is 3.13. The zero-order valence-corrected chi connectivity index (χ0v) is 8.53. The Bertz CT molecular complexity index is 221. The molecule has 13 heavy (non-hydrogen) atoms. The maximum Gasteiger partial charge on any atom is 0.333 e. The normalized spacial score (nSPS) is 14.8. The van der Waals surface area contributed by atoms with E-state index in [0.717, 1.165) is 0 Å². The molecule has 2 N–H and O–H groups in total. The number of carbonyl (C=O) groups is 1. The minimum absolute atomic E-state index is 0.194. The van der Waals surface area contributed by atoms with Gasteiger partial charge in [-0.1, -0.05) is 6.92 Å². The number of carboxylic acids is 1. The Hall–Kier alpha value is -1.03. The molecule has 1 unspecified atom stereocenters. The van der Waals surface area contributed by atoms with Gasteiger partial charge in [0.2, 0.25) is 0 Å². The van der Waals surface area contributed by atoms with Crippen molar-refractivity contribution < 1.29 is 15.0 Å². The Morgan fingerprint density at radius 1 is 1.46 bits per heavy atom. The Morgan fingerprint density at radius 3 is 2.15 bits per heavy atom. The number of rotatable bonds is 4. The molecule has 0 aromatic heterocycles. The summed E-state index contributed by atoms with van der Waals surface area (Å²) < 4.78 is 0. The highest BCUT2D eigenvalue weighted by Gasteiger charge is 2.17. The molecule has 0 saturated carbocycles. The molecular formula is C9H17NO3. The first kappa shape index (κ1) is 12.0. The molecule has 0 aromatic rings. The van der Waals surface area contributed by atoms with E-state index in [0.29, 0.717) is 12.1 Å². The van der Waals surface area contributed by atoms with Crippen molar-refractivity contribution in [2.45, 2.75) is 26.4 Å². The third-order valence-corrected chi connectivity index (χ3v) is 1.89. The summed E-state index contributed by atoms with van der Waals surface area (Å²) in [6.07, 6.45) is -0.191. The SMILES string of the molecule is CCC(O)C(=C(C)C(=O)O)N(C)C. The number of hydrogen-bond acceptors (Lipinski definition) is 3. The van der Waals surface area contributed by atoms with Gasteiger partial charge in [-0.15, -0.1) is 0 Å². The molecule has 4 nitrogen and oxygen atoms in total. The van der Waals surface area contributed by atoms with Gasteiger partial charge in [-0.2, -0.15) is 0 Å². The van der Waals surface area contributed by atoms with E-state index < -0.39 is 12.1 Å². The summed E-state index contributed by atoms with van der Waals surface area (Å²) in [4.78, 5) is 12.3. The van der Waals surface area contributed by atoms with Crippen LogP contribution >= 0.6 is 0 Å². The monoisotopic (exact) mass is 187 g/mol. The number of aliphatic hydroxyl groups is 1. The molecular weight excluding hydrogens is 170 g/mol. The van der Waals surface area contributed by atoms with Crippen LogP contribution in [-0.4, -0.2) is 41.3 Å². The highest BCUT2D eigenvalue weighted by atomic mass is 16.4. The van der Waals surface area contributed by atoms with Crippen LogP contribution in [0.5, 0.6) is 0 Å². The molecule has 76 valence electrons. The highest BCUT2D eigenvalue weighted by Crippen LogP contribution is 2.14. The molecule has 0 heterocycles. The Morgan fingerprint density at radius 2 is 1.92 bits per heavy atom. The Kier molecular flexibility index (Phi) is 4.48. The van der Waals surface area contributed by atoms with Crippen LogP contribution in [0.4, 0.5) is 0 Å². The lowest BCUT2D eigenvalue weighted by Gasteiger charge is -2.23. The lowest BCUT2D eigenvalue weighted by molar-refractivity contribution is -0.132. The smallest absolute Gasteiger partial charge is 0.333 e. The molecule has 1 atom stereocenters. The van der Waals surface area contributed by atoms with Gasteiger partial charge in [0, 0.05) is 14.1 Å². The van der Waals surface area contributed by atoms with Gasteiger partial charge >= 0.3 is 5.97 Å². The molecule has 0 saturated heterocycles. The van der Waals surface area contributed by atoms with Crippen LogP contribution < -0.4 is 0 Å². The fourth-order valence-corrected chi connectivity index (χ4v) is 1.19. The quantitative estimate of drug-likeness (QED) is 0.635. The highest BCUT2D eigenvalue weighted by molar-refractivity contribution is 5.86. The summed E-state index contributed by atoms with van der Waals surface area (Å²) in [5.41, 5.74) is 0.661. The van der Waals surface area contributed by atoms with E-state index >= 15 is 0 Å². The fraction of sp³-hybridized carbons (Fsp3) is 0.667. The number of likely N-dealkylation sites (N-methyl/N-ethyl adjacent to an activating group) is 1. The standard InChI is InChI=1S/C9H17NO3/c1-5-7(11)8(10(3)4)6(2)9(12)13/h7,11H,5H2,1-4H3,(H,12,13). The largest absolute Gasteiger partial charge is 0.478 e. The van der Waals surface area contributed by atoms with E-state index in [1.54, 1.807) is 19.0 Å². The van der Waals surface area contributed by atoms with Crippen LogP contribution in [0, 0.1) is 0 Å². The van der Waals surface area contributed by atoms with Gasteiger partial charge in [-0.25, -0.2) is 4.79 Å². The van der Waals surface area contributed by atoms with Crippen molar-refractivity contribution in [3.8, 4) is 0 Å². The predicted molar refractivity (Wildman–Crippen MR) is 50.3 cm³/mol. The lowest BCUT2D eigenvalue weighted by Crippen LogP contribution is -2.26. The van der Waals surface area contributed by atoms with Crippen LogP contribution in [0.1, 0.15) is 20.3 Å². The molecule has 0 fully saturated rings. The first-order chi connectivity index (χ1) is 5.91. The van der Waals surface area contributed by atoms with E-state index in [9.17, 15) is 9.90 Å². The summed E-state index contributed by atoms with van der Waals surface area (Å²) in [5, 5.41) is 18.3. The number of aliphatic hydroxyl groups excluding tert-OH is 1. The van der Waals surface area contributed by atoms with Crippen molar-refractivity contribution in [1.82, 2.24) is 4.90 Å². The molecule has 0 aliphatic heterocycles. The number of hydrogen-bond donors (Lipinski definition) is 2. The maximum atomic E-state index is 10.7. The molecule has 0 aromatic carbocycles. The zero-order valence-electron chi connectivity index (χ0n) is 8.53. The second kappa shape index (κ2) is 4.87. The van der Waals surface area contributed by atoms with Crippen molar-refractivity contribution in [3.05, 3.63) is 11.3 Å². The molecule has 4 heteroatoms. The second-order valence-electron chi connectivity index (χ2n) is 3.13. The van der Waals surface area contributed by atoms with Crippen molar-refractivity contribution in [3.63, 3.8) is 0 Å². The van der Waals surface area contributed by atoms with E-state index in [-0.39, 0.29) is 5.57 Å². The van der Waals surface area contributed by atoms with Crippen LogP contribution in [0.25, 0.3) is 0 Å². The average molecular weight is 187 g/mol. The Labute approximate surface area is 78.5 Å². The molecule has 0 aliphatic rings. The van der Waals surface area contributed by atoms with Crippen LogP contribution in [0.15, 0.2) is 11.3 Å². The summed E-state index contributed by atoms with van der Waals surface area (Å²) in [5.74, 6) is -0.990. The van der Waals surface area contributed by atoms with E-state index in [1.165, 1.54) is 6.92 Å². The van der Waals surface area contributed by atoms with E-state index in [1.807, 2.05) is 6.92 Å². The molecule has 0 aliphatic carbocycles. The van der Waals surface area contributed by atoms with Gasteiger partial charge < -0.3 is 15.1 Å². The maximum absolute atomic E-state index is 10.7. The number of aliphatic carboxylic acids is 1. The first-order valence-corrected chi connectivity index (χ1v) is 4.21. The van der Waals surface area contributed by atoms with Crippen LogP contribution in [-0.2, 0) is 4.79 Å². The fourth-order valence-electron chi connectivity index (χ4n) is 1.19. The summed E-state index contributed by atoms with van der Waals surface area (Å²) >= 11 is 0.